The summed E-state index contributed by atoms with van der Waals surface area (Å²) in [6.07, 6.45) is 15.7. The van der Waals surface area contributed by atoms with Gasteiger partial charge in [0.25, 0.3) is 0 Å². The van der Waals surface area contributed by atoms with Crippen LogP contribution in [-0.4, -0.2) is 12.6 Å². The van der Waals surface area contributed by atoms with E-state index in [1.165, 1.54) is 35.6 Å². The summed E-state index contributed by atoms with van der Waals surface area (Å²) in [4.78, 5) is 10.7. The Kier molecular flexibility index (Phi) is 12.9. The SMILES string of the molecule is CC(=O)OC/C=C(\C)CCC=C(C)CC/C=C(\C)CCC=C(C)C. The first-order valence-corrected chi connectivity index (χ1v) is 9.05. The summed E-state index contributed by atoms with van der Waals surface area (Å²) in [5.74, 6) is -0.223. The van der Waals surface area contributed by atoms with E-state index < -0.39 is 0 Å². The molecule has 0 saturated heterocycles. The van der Waals surface area contributed by atoms with Crippen molar-refractivity contribution in [3.8, 4) is 0 Å². The summed E-state index contributed by atoms with van der Waals surface area (Å²) in [7, 11) is 0. The zero-order valence-electron chi connectivity index (χ0n) is 16.6. The minimum Gasteiger partial charge on any atom is -0.462 e. The van der Waals surface area contributed by atoms with Crippen LogP contribution < -0.4 is 0 Å². The van der Waals surface area contributed by atoms with Crippen LogP contribution in [0.2, 0.25) is 0 Å². The molecule has 0 aliphatic carbocycles. The van der Waals surface area contributed by atoms with Crippen molar-refractivity contribution in [1.82, 2.24) is 0 Å². The van der Waals surface area contributed by atoms with Crippen molar-refractivity contribution in [3.63, 3.8) is 0 Å². The molecular formula is C22H36O2. The Morgan fingerprint density at radius 1 is 0.667 bits per heavy atom. The summed E-state index contributed by atoms with van der Waals surface area (Å²) in [5.41, 5.74) is 5.62. The van der Waals surface area contributed by atoms with E-state index in [2.05, 4.69) is 52.8 Å². The second kappa shape index (κ2) is 13.8. The van der Waals surface area contributed by atoms with Crippen molar-refractivity contribution < 1.29 is 9.53 Å². The fraction of sp³-hybridized carbons (Fsp3) is 0.591. The van der Waals surface area contributed by atoms with E-state index in [4.69, 9.17) is 4.74 Å². The Morgan fingerprint density at radius 2 is 1.08 bits per heavy atom. The van der Waals surface area contributed by atoms with E-state index in [0.717, 1.165) is 32.1 Å². The van der Waals surface area contributed by atoms with Gasteiger partial charge in [-0.2, -0.15) is 0 Å². The molecule has 0 radical (unpaired) electrons. The molecule has 0 fully saturated rings. The van der Waals surface area contributed by atoms with Crippen molar-refractivity contribution >= 4 is 5.97 Å². The van der Waals surface area contributed by atoms with E-state index in [-0.39, 0.29) is 5.97 Å². The molecule has 0 heterocycles. The lowest BCUT2D eigenvalue weighted by molar-refractivity contribution is -0.139. The highest BCUT2D eigenvalue weighted by Crippen LogP contribution is 2.13. The van der Waals surface area contributed by atoms with Crippen molar-refractivity contribution in [3.05, 3.63) is 46.6 Å². The summed E-state index contributed by atoms with van der Waals surface area (Å²) < 4.78 is 4.92. The zero-order chi connectivity index (χ0) is 18.4. The predicted octanol–water partition coefficient (Wildman–Crippen LogP) is 6.70. The van der Waals surface area contributed by atoms with E-state index in [1.54, 1.807) is 0 Å². The van der Waals surface area contributed by atoms with Crippen LogP contribution in [0.4, 0.5) is 0 Å². The largest absolute Gasteiger partial charge is 0.462 e. The first-order chi connectivity index (χ1) is 11.3. The van der Waals surface area contributed by atoms with Gasteiger partial charge in [0.2, 0.25) is 0 Å². The molecule has 0 aliphatic heterocycles. The molecule has 0 unspecified atom stereocenters. The van der Waals surface area contributed by atoms with Gasteiger partial charge in [-0.1, -0.05) is 40.5 Å². The number of ether oxygens (including phenoxy) is 1. The second-order valence-electron chi connectivity index (χ2n) is 6.85. The summed E-state index contributed by atoms with van der Waals surface area (Å²) >= 11 is 0. The van der Waals surface area contributed by atoms with Crippen molar-refractivity contribution in [2.24, 2.45) is 0 Å². The van der Waals surface area contributed by atoms with Gasteiger partial charge < -0.3 is 4.74 Å². The molecule has 0 aromatic rings. The number of hydrogen-bond donors (Lipinski definition) is 0. The lowest BCUT2D eigenvalue weighted by Gasteiger charge is -2.03. The van der Waals surface area contributed by atoms with Crippen molar-refractivity contribution in [1.29, 1.82) is 0 Å². The summed E-state index contributed by atoms with van der Waals surface area (Å²) in [5, 5.41) is 0. The molecular weight excluding hydrogens is 296 g/mol. The topological polar surface area (TPSA) is 26.3 Å². The van der Waals surface area contributed by atoms with Gasteiger partial charge in [-0.25, -0.2) is 0 Å². The minimum absolute atomic E-state index is 0.223. The third-order valence-electron chi connectivity index (χ3n) is 3.87. The highest BCUT2D eigenvalue weighted by atomic mass is 16.5. The van der Waals surface area contributed by atoms with Crippen LogP contribution in [-0.2, 0) is 9.53 Å². The Morgan fingerprint density at radius 3 is 1.50 bits per heavy atom. The van der Waals surface area contributed by atoms with Gasteiger partial charge in [0.1, 0.15) is 6.61 Å². The molecule has 0 aromatic carbocycles. The highest BCUT2D eigenvalue weighted by Gasteiger charge is 1.94. The first-order valence-electron chi connectivity index (χ1n) is 9.05. The van der Waals surface area contributed by atoms with Crippen LogP contribution in [0.1, 0.15) is 80.1 Å². The number of carbonyl (C=O) groups is 1. The van der Waals surface area contributed by atoms with Crippen LogP contribution in [0.15, 0.2) is 46.6 Å². The second-order valence-corrected chi connectivity index (χ2v) is 6.85. The molecule has 0 bridgehead atoms. The Hall–Kier alpha value is -1.57. The summed E-state index contributed by atoms with van der Waals surface area (Å²) in [6.45, 7) is 12.7. The van der Waals surface area contributed by atoms with Gasteiger partial charge in [0.05, 0.1) is 0 Å². The molecule has 0 aromatic heterocycles. The molecule has 0 aliphatic rings. The maximum atomic E-state index is 10.7. The van der Waals surface area contributed by atoms with Gasteiger partial charge in [0.15, 0.2) is 0 Å². The van der Waals surface area contributed by atoms with Gasteiger partial charge in [-0.3, -0.25) is 4.79 Å². The molecule has 0 N–H and O–H groups in total. The molecule has 24 heavy (non-hydrogen) atoms. The maximum absolute atomic E-state index is 10.7. The van der Waals surface area contributed by atoms with Crippen LogP contribution in [0, 0.1) is 0 Å². The summed E-state index contributed by atoms with van der Waals surface area (Å²) in [6, 6.07) is 0. The van der Waals surface area contributed by atoms with Gasteiger partial charge in [0, 0.05) is 6.92 Å². The first kappa shape index (κ1) is 22.4. The van der Waals surface area contributed by atoms with Crippen LogP contribution in [0.3, 0.4) is 0 Å². The Labute approximate surface area is 149 Å². The normalized spacial score (nSPS) is 13.0. The minimum atomic E-state index is -0.223. The molecule has 136 valence electrons. The molecule has 2 heteroatoms. The van der Waals surface area contributed by atoms with Gasteiger partial charge >= 0.3 is 5.97 Å². The molecule has 0 atom stereocenters. The number of allylic oxidation sites excluding steroid dienone is 7. The number of hydrogen-bond acceptors (Lipinski definition) is 2. The van der Waals surface area contributed by atoms with Crippen molar-refractivity contribution in [2.45, 2.75) is 80.1 Å². The smallest absolute Gasteiger partial charge is 0.302 e. The van der Waals surface area contributed by atoms with E-state index in [0.29, 0.717) is 6.61 Å². The lowest BCUT2D eigenvalue weighted by atomic mass is 10.0. The average molecular weight is 333 g/mol. The average Bonchev–Trinajstić information content (AvgIpc) is 2.46. The molecule has 0 saturated carbocycles. The molecule has 0 spiro atoms. The standard InChI is InChI=1S/C22H36O2/c1-18(2)10-7-11-19(3)12-8-13-20(4)14-9-15-21(5)16-17-24-22(6)23/h10,12,14,16H,7-9,11,13,15,17H2,1-6H3/b19-12+,20-14?,21-16+. The molecule has 0 amide bonds. The number of esters is 1. The van der Waals surface area contributed by atoms with Gasteiger partial charge in [-0.05, 0) is 79.2 Å². The lowest BCUT2D eigenvalue weighted by Crippen LogP contribution is -1.98. The van der Waals surface area contributed by atoms with Crippen LogP contribution >= 0.6 is 0 Å². The Balaban J connectivity index is 3.98. The van der Waals surface area contributed by atoms with E-state index >= 15 is 0 Å². The van der Waals surface area contributed by atoms with Gasteiger partial charge in [-0.15, -0.1) is 0 Å². The fourth-order valence-corrected chi connectivity index (χ4v) is 2.29. The van der Waals surface area contributed by atoms with Crippen LogP contribution in [0.5, 0.6) is 0 Å². The monoisotopic (exact) mass is 332 g/mol. The third kappa shape index (κ3) is 15.3. The highest BCUT2D eigenvalue weighted by molar-refractivity contribution is 5.66. The molecule has 0 rings (SSSR count). The number of carbonyl (C=O) groups excluding carboxylic acids is 1. The maximum Gasteiger partial charge on any atom is 0.302 e. The number of rotatable bonds is 11. The van der Waals surface area contributed by atoms with Crippen molar-refractivity contribution in [2.75, 3.05) is 6.61 Å². The Bertz CT molecular complexity index is 486. The zero-order valence-corrected chi connectivity index (χ0v) is 16.6. The quantitative estimate of drug-likeness (QED) is 0.311. The van der Waals surface area contributed by atoms with E-state index in [1.807, 2.05) is 6.08 Å². The third-order valence-corrected chi connectivity index (χ3v) is 3.87. The van der Waals surface area contributed by atoms with Crippen LogP contribution in [0.25, 0.3) is 0 Å². The van der Waals surface area contributed by atoms with E-state index in [9.17, 15) is 4.79 Å². The molecule has 2 nitrogen and oxygen atoms in total. The predicted molar refractivity (Wildman–Crippen MR) is 105 cm³/mol. The fourth-order valence-electron chi connectivity index (χ4n) is 2.29.